The van der Waals surface area contributed by atoms with Crippen LogP contribution in [0.25, 0.3) is 0 Å². The Hall–Kier alpha value is -2.35. The largest absolute Gasteiger partial charge is 0.321 e. The Kier molecular flexibility index (Phi) is 4.04. The fourth-order valence-corrected chi connectivity index (χ4v) is 1.81. The number of pyridine rings is 1. The fraction of sp³-hybridized carbons (Fsp3) is 0. The monoisotopic (exact) mass is 339 g/mol. The molecule has 6 nitrogen and oxygen atoms in total. The van der Waals surface area contributed by atoms with Crippen LogP contribution < -0.4 is 5.32 Å². The first-order valence-electron chi connectivity index (χ1n) is 5.35. The summed E-state index contributed by atoms with van der Waals surface area (Å²) in [4.78, 5) is 25.4. The number of aromatic nitrogens is 1. The van der Waals surface area contributed by atoms with E-state index < -0.39 is 22.3 Å². The molecule has 1 aromatic carbocycles. The Labute approximate surface area is 120 Å². The van der Waals surface area contributed by atoms with E-state index in [0.717, 1.165) is 12.1 Å². The number of benzene rings is 1. The molecular weight excluding hydrogens is 333 g/mol. The summed E-state index contributed by atoms with van der Waals surface area (Å²) in [5, 5.41) is 12.9. The maximum Gasteiger partial charge on any atom is 0.304 e. The van der Waals surface area contributed by atoms with Crippen LogP contribution in [0.15, 0.2) is 41.0 Å². The lowest BCUT2D eigenvalue weighted by atomic mass is 10.2. The van der Waals surface area contributed by atoms with Crippen molar-refractivity contribution in [2.24, 2.45) is 0 Å². The van der Waals surface area contributed by atoms with Gasteiger partial charge in [0.2, 0.25) is 5.82 Å². The van der Waals surface area contributed by atoms with Gasteiger partial charge in [0, 0.05) is 17.8 Å². The fourth-order valence-electron chi connectivity index (χ4n) is 1.46. The molecule has 0 atom stereocenters. The van der Waals surface area contributed by atoms with Crippen molar-refractivity contribution in [2.45, 2.75) is 0 Å². The molecule has 1 amide bonds. The van der Waals surface area contributed by atoms with Crippen LogP contribution in [-0.4, -0.2) is 15.8 Å². The van der Waals surface area contributed by atoms with Crippen molar-refractivity contribution < 1.29 is 14.1 Å². The molecule has 0 saturated carbocycles. The van der Waals surface area contributed by atoms with Gasteiger partial charge in [0.05, 0.1) is 4.92 Å². The topological polar surface area (TPSA) is 85.1 Å². The normalized spacial score (nSPS) is 10.1. The number of hydrogen-bond donors (Lipinski definition) is 1. The third kappa shape index (κ3) is 3.15. The van der Waals surface area contributed by atoms with Crippen molar-refractivity contribution in [3.63, 3.8) is 0 Å². The Balaban J connectivity index is 2.20. The third-order valence-electron chi connectivity index (χ3n) is 2.35. The van der Waals surface area contributed by atoms with Crippen molar-refractivity contribution in [3.05, 3.63) is 62.6 Å². The predicted octanol–water partition coefficient (Wildman–Crippen LogP) is 3.14. The molecule has 2 aromatic rings. The molecule has 1 aromatic heterocycles. The van der Waals surface area contributed by atoms with E-state index in [4.69, 9.17) is 0 Å². The summed E-state index contributed by atoms with van der Waals surface area (Å²) in [5.74, 6) is -1.56. The average molecular weight is 340 g/mol. The molecule has 0 fully saturated rings. The summed E-state index contributed by atoms with van der Waals surface area (Å²) < 4.78 is 13.9. The van der Waals surface area contributed by atoms with Crippen molar-refractivity contribution in [1.82, 2.24) is 4.98 Å². The highest BCUT2D eigenvalue weighted by atomic mass is 79.9. The number of anilines is 1. The number of rotatable bonds is 3. The minimum atomic E-state index is -1.02. The predicted molar refractivity (Wildman–Crippen MR) is 72.9 cm³/mol. The lowest BCUT2D eigenvalue weighted by molar-refractivity contribution is -0.387. The van der Waals surface area contributed by atoms with Crippen LogP contribution in [0.5, 0.6) is 0 Å². The number of hydrogen-bond acceptors (Lipinski definition) is 4. The molecule has 0 aliphatic carbocycles. The molecule has 2 rings (SSSR count). The minimum Gasteiger partial charge on any atom is -0.321 e. The molecule has 0 aliphatic rings. The van der Waals surface area contributed by atoms with E-state index in [-0.39, 0.29) is 11.4 Å². The number of nitro groups is 1. The molecule has 0 spiro atoms. The maximum absolute atomic E-state index is 13.4. The van der Waals surface area contributed by atoms with E-state index >= 15 is 0 Å². The number of amides is 1. The number of nitro benzene ring substituents is 1. The molecule has 1 N–H and O–H groups in total. The molecule has 0 aliphatic heterocycles. The van der Waals surface area contributed by atoms with Gasteiger partial charge in [-0.05, 0) is 34.1 Å². The lowest BCUT2D eigenvalue weighted by Crippen LogP contribution is -2.13. The van der Waals surface area contributed by atoms with Crippen molar-refractivity contribution in [3.8, 4) is 0 Å². The van der Waals surface area contributed by atoms with Crippen LogP contribution in [0, 0.1) is 15.9 Å². The zero-order valence-electron chi connectivity index (χ0n) is 9.84. The molecular formula is C12H7BrFN3O3. The molecule has 0 bridgehead atoms. The van der Waals surface area contributed by atoms with Crippen LogP contribution in [0.4, 0.5) is 15.8 Å². The zero-order chi connectivity index (χ0) is 14.7. The van der Waals surface area contributed by atoms with Gasteiger partial charge in [-0.1, -0.05) is 6.07 Å². The van der Waals surface area contributed by atoms with Gasteiger partial charge < -0.3 is 5.32 Å². The van der Waals surface area contributed by atoms with Gasteiger partial charge in [-0.2, -0.15) is 4.39 Å². The van der Waals surface area contributed by atoms with Gasteiger partial charge in [-0.3, -0.25) is 14.9 Å². The summed E-state index contributed by atoms with van der Waals surface area (Å²) in [6.07, 6.45) is 0. The molecule has 1 heterocycles. The number of halogens is 2. The van der Waals surface area contributed by atoms with E-state index in [2.05, 4.69) is 26.2 Å². The van der Waals surface area contributed by atoms with Gasteiger partial charge in [0.1, 0.15) is 10.3 Å². The second-order valence-electron chi connectivity index (χ2n) is 3.72. The lowest BCUT2D eigenvalue weighted by Gasteiger charge is -2.05. The molecule has 20 heavy (non-hydrogen) atoms. The molecule has 0 unspecified atom stereocenters. The summed E-state index contributed by atoms with van der Waals surface area (Å²) in [6.45, 7) is 0. The van der Waals surface area contributed by atoms with Crippen LogP contribution in [0.3, 0.4) is 0 Å². The van der Waals surface area contributed by atoms with Gasteiger partial charge >= 0.3 is 5.69 Å². The van der Waals surface area contributed by atoms with Crippen LogP contribution in [0.1, 0.15) is 10.5 Å². The van der Waals surface area contributed by atoms with Gasteiger partial charge in [0.15, 0.2) is 0 Å². The number of carbonyl (C=O) groups is 1. The van der Waals surface area contributed by atoms with E-state index in [0.29, 0.717) is 4.60 Å². The van der Waals surface area contributed by atoms with E-state index in [9.17, 15) is 19.3 Å². The summed E-state index contributed by atoms with van der Waals surface area (Å²) in [5.41, 5.74) is -0.401. The zero-order valence-corrected chi connectivity index (χ0v) is 11.4. The first kappa shape index (κ1) is 14.1. The van der Waals surface area contributed by atoms with E-state index in [1.165, 1.54) is 12.1 Å². The second-order valence-corrected chi connectivity index (χ2v) is 4.54. The summed E-state index contributed by atoms with van der Waals surface area (Å²) in [6, 6.07) is 7.89. The summed E-state index contributed by atoms with van der Waals surface area (Å²) >= 11 is 3.13. The quantitative estimate of drug-likeness (QED) is 0.528. The van der Waals surface area contributed by atoms with Gasteiger partial charge in [-0.25, -0.2) is 4.98 Å². The SMILES string of the molecule is O=C(Nc1ccc([N+](=O)[O-])c(F)c1)c1cccc(Br)n1. The highest BCUT2D eigenvalue weighted by Crippen LogP contribution is 2.21. The van der Waals surface area contributed by atoms with Gasteiger partial charge in [-0.15, -0.1) is 0 Å². The first-order chi connectivity index (χ1) is 9.47. The number of carbonyl (C=O) groups excluding carboxylic acids is 1. The number of nitrogens with zero attached hydrogens (tertiary/aromatic N) is 2. The van der Waals surface area contributed by atoms with Crippen LogP contribution in [-0.2, 0) is 0 Å². The maximum atomic E-state index is 13.4. The average Bonchev–Trinajstić information content (AvgIpc) is 2.38. The molecule has 0 saturated heterocycles. The second kappa shape index (κ2) is 5.74. The highest BCUT2D eigenvalue weighted by Gasteiger charge is 2.15. The first-order valence-corrected chi connectivity index (χ1v) is 6.14. The Bertz CT molecular complexity index is 693. The smallest absolute Gasteiger partial charge is 0.304 e. The van der Waals surface area contributed by atoms with Crippen molar-refractivity contribution >= 4 is 33.2 Å². The highest BCUT2D eigenvalue weighted by molar-refractivity contribution is 9.10. The van der Waals surface area contributed by atoms with Crippen molar-refractivity contribution in [1.29, 1.82) is 0 Å². The van der Waals surface area contributed by atoms with Crippen molar-refractivity contribution in [2.75, 3.05) is 5.32 Å². The van der Waals surface area contributed by atoms with E-state index in [1.807, 2.05) is 0 Å². The third-order valence-corrected chi connectivity index (χ3v) is 2.79. The van der Waals surface area contributed by atoms with Crippen LogP contribution in [0.2, 0.25) is 0 Å². The Morgan fingerprint density at radius 1 is 1.35 bits per heavy atom. The standard InChI is InChI=1S/C12H7BrFN3O3/c13-11-3-1-2-9(16-11)12(18)15-7-4-5-10(17(19)20)8(14)6-7/h1-6H,(H,15,18). The Morgan fingerprint density at radius 3 is 2.70 bits per heavy atom. The number of nitrogens with one attached hydrogen (secondary N) is 1. The van der Waals surface area contributed by atoms with E-state index in [1.54, 1.807) is 12.1 Å². The molecule has 0 radical (unpaired) electrons. The van der Waals surface area contributed by atoms with Gasteiger partial charge in [0.25, 0.3) is 5.91 Å². The molecule has 8 heteroatoms. The molecule has 102 valence electrons. The Morgan fingerprint density at radius 2 is 2.10 bits per heavy atom. The minimum absolute atomic E-state index is 0.111. The van der Waals surface area contributed by atoms with Crippen LogP contribution >= 0.6 is 15.9 Å². The summed E-state index contributed by atoms with van der Waals surface area (Å²) in [7, 11) is 0.